The van der Waals surface area contributed by atoms with E-state index in [2.05, 4.69) is 23.1 Å². The van der Waals surface area contributed by atoms with Gasteiger partial charge in [0.05, 0.1) is 25.0 Å². The molecule has 0 aliphatic heterocycles. The normalized spacial score (nSPS) is 11.6. The first kappa shape index (κ1) is 12.4. The van der Waals surface area contributed by atoms with Crippen molar-refractivity contribution < 1.29 is 4.74 Å². The third kappa shape index (κ3) is 3.16. The van der Waals surface area contributed by atoms with E-state index in [0.29, 0.717) is 0 Å². The number of aryl methyl sites for hydroxylation is 1. The van der Waals surface area contributed by atoms with Gasteiger partial charge in [-0.3, -0.25) is 4.98 Å². The van der Waals surface area contributed by atoms with Crippen LogP contribution >= 0.6 is 0 Å². The fraction of sp³-hybridized carbons (Fsp3) is 0.462. The number of terminal acetylenes is 1. The number of ether oxygens (including phenoxy) is 1. The summed E-state index contributed by atoms with van der Waals surface area (Å²) in [6.45, 7) is 4.05. The summed E-state index contributed by atoms with van der Waals surface area (Å²) < 4.78 is 5.23. The van der Waals surface area contributed by atoms with E-state index in [-0.39, 0.29) is 6.04 Å². The van der Waals surface area contributed by atoms with Crippen LogP contribution in [0.2, 0.25) is 0 Å². The van der Waals surface area contributed by atoms with E-state index in [1.54, 1.807) is 13.3 Å². The van der Waals surface area contributed by atoms with Crippen molar-refractivity contribution in [1.29, 1.82) is 0 Å². The molecule has 1 heterocycles. The Balaban J connectivity index is 2.86. The number of hydrogen-bond donors (Lipinski definition) is 1. The SMILES string of the molecule is C#CC(CCC)Nc1cc(C)ncc1OC. The standard InChI is InChI=1S/C13H18N2O/c1-5-7-11(6-2)15-12-8-10(3)14-9-13(12)16-4/h2,8-9,11H,5,7H2,1,3-4H3,(H,14,15). The third-order valence-corrected chi connectivity index (χ3v) is 2.33. The molecule has 0 amide bonds. The first-order chi connectivity index (χ1) is 7.71. The minimum Gasteiger partial charge on any atom is -0.493 e. The van der Waals surface area contributed by atoms with Crippen molar-refractivity contribution in [2.45, 2.75) is 32.7 Å². The summed E-state index contributed by atoms with van der Waals surface area (Å²) in [5.41, 5.74) is 1.85. The van der Waals surface area contributed by atoms with Gasteiger partial charge in [-0.15, -0.1) is 6.42 Å². The molecule has 1 unspecified atom stereocenters. The Morgan fingerprint density at radius 3 is 2.94 bits per heavy atom. The summed E-state index contributed by atoms with van der Waals surface area (Å²) in [6, 6.07) is 1.99. The van der Waals surface area contributed by atoms with Crippen molar-refractivity contribution in [3.63, 3.8) is 0 Å². The quantitative estimate of drug-likeness (QED) is 0.771. The molecular weight excluding hydrogens is 200 g/mol. The van der Waals surface area contributed by atoms with Gasteiger partial charge in [-0.2, -0.15) is 0 Å². The predicted octanol–water partition coefficient (Wildman–Crippen LogP) is 2.61. The second-order valence-corrected chi connectivity index (χ2v) is 3.68. The van der Waals surface area contributed by atoms with E-state index in [9.17, 15) is 0 Å². The largest absolute Gasteiger partial charge is 0.493 e. The van der Waals surface area contributed by atoms with Gasteiger partial charge >= 0.3 is 0 Å². The molecule has 0 saturated carbocycles. The van der Waals surface area contributed by atoms with Gasteiger partial charge in [0.2, 0.25) is 0 Å². The van der Waals surface area contributed by atoms with Gasteiger partial charge in [-0.1, -0.05) is 19.3 Å². The maximum Gasteiger partial charge on any atom is 0.160 e. The highest BCUT2D eigenvalue weighted by atomic mass is 16.5. The summed E-state index contributed by atoms with van der Waals surface area (Å²) in [4.78, 5) is 4.17. The lowest BCUT2D eigenvalue weighted by atomic mass is 10.1. The molecular formula is C13H18N2O. The maximum atomic E-state index is 5.47. The second-order valence-electron chi connectivity index (χ2n) is 3.68. The Morgan fingerprint density at radius 1 is 1.62 bits per heavy atom. The lowest BCUT2D eigenvalue weighted by Crippen LogP contribution is -2.17. The zero-order valence-corrected chi connectivity index (χ0v) is 10.1. The molecule has 0 aromatic carbocycles. The van der Waals surface area contributed by atoms with Crippen molar-refractivity contribution in [3.8, 4) is 18.1 Å². The number of methoxy groups -OCH3 is 1. The van der Waals surface area contributed by atoms with E-state index in [4.69, 9.17) is 11.2 Å². The number of rotatable bonds is 5. The number of nitrogens with zero attached hydrogens (tertiary/aromatic N) is 1. The van der Waals surface area contributed by atoms with Crippen molar-refractivity contribution in [3.05, 3.63) is 18.0 Å². The predicted molar refractivity (Wildman–Crippen MR) is 66.7 cm³/mol. The van der Waals surface area contributed by atoms with Crippen LogP contribution in [-0.2, 0) is 0 Å². The molecule has 1 aromatic heterocycles. The van der Waals surface area contributed by atoms with Crippen LogP contribution < -0.4 is 10.1 Å². The van der Waals surface area contributed by atoms with Crippen LogP contribution in [0.25, 0.3) is 0 Å². The Morgan fingerprint density at radius 2 is 2.38 bits per heavy atom. The van der Waals surface area contributed by atoms with Gasteiger partial charge in [0.1, 0.15) is 0 Å². The average Bonchev–Trinajstić information content (AvgIpc) is 2.29. The molecule has 0 aliphatic rings. The topological polar surface area (TPSA) is 34.2 Å². The van der Waals surface area contributed by atoms with Gasteiger partial charge in [0.15, 0.2) is 5.75 Å². The first-order valence-electron chi connectivity index (χ1n) is 5.44. The highest BCUT2D eigenvalue weighted by Gasteiger charge is 2.08. The van der Waals surface area contributed by atoms with E-state index >= 15 is 0 Å². The average molecular weight is 218 g/mol. The molecule has 86 valence electrons. The van der Waals surface area contributed by atoms with Gasteiger partial charge < -0.3 is 10.1 Å². The monoisotopic (exact) mass is 218 g/mol. The van der Waals surface area contributed by atoms with Gasteiger partial charge in [-0.05, 0) is 19.4 Å². The van der Waals surface area contributed by atoms with Crippen LogP contribution in [0.4, 0.5) is 5.69 Å². The minimum absolute atomic E-state index is 0.0423. The van der Waals surface area contributed by atoms with Gasteiger partial charge in [0.25, 0.3) is 0 Å². The van der Waals surface area contributed by atoms with Crippen LogP contribution in [0.3, 0.4) is 0 Å². The van der Waals surface area contributed by atoms with Crippen molar-refractivity contribution in [2.75, 3.05) is 12.4 Å². The molecule has 0 spiro atoms. The molecule has 0 saturated heterocycles. The number of nitrogens with one attached hydrogen (secondary N) is 1. The minimum atomic E-state index is 0.0423. The summed E-state index contributed by atoms with van der Waals surface area (Å²) in [5, 5.41) is 3.29. The van der Waals surface area contributed by atoms with Crippen molar-refractivity contribution >= 4 is 5.69 Å². The number of anilines is 1. The van der Waals surface area contributed by atoms with Crippen LogP contribution in [0.5, 0.6) is 5.75 Å². The summed E-state index contributed by atoms with van der Waals surface area (Å²) in [5.74, 6) is 3.46. The molecule has 0 bridgehead atoms. The van der Waals surface area contributed by atoms with Crippen LogP contribution in [0, 0.1) is 19.3 Å². The Kier molecular flexibility index (Phi) is 4.65. The molecule has 1 rings (SSSR count). The maximum absolute atomic E-state index is 5.47. The zero-order chi connectivity index (χ0) is 12.0. The van der Waals surface area contributed by atoms with Crippen molar-refractivity contribution in [1.82, 2.24) is 4.98 Å². The molecule has 0 aliphatic carbocycles. The summed E-state index contributed by atoms with van der Waals surface area (Å²) >= 11 is 0. The van der Waals surface area contributed by atoms with Gasteiger partial charge in [0, 0.05) is 5.69 Å². The summed E-state index contributed by atoms with van der Waals surface area (Å²) in [6.07, 6.45) is 9.17. The number of hydrogen-bond acceptors (Lipinski definition) is 3. The Bertz CT molecular complexity index is 382. The van der Waals surface area contributed by atoms with Crippen LogP contribution in [0.15, 0.2) is 12.3 Å². The van der Waals surface area contributed by atoms with Crippen LogP contribution in [0.1, 0.15) is 25.5 Å². The fourth-order valence-corrected chi connectivity index (χ4v) is 1.50. The lowest BCUT2D eigenvalue weighted by molar-refractivity contribution is 0.414. The third-order valence-electron chi connectivity index (χ3n) is 2.33. The molecule has 0 fully saturated rings. The first-order valence-corrected chi connectivity index (χ1v) is 5.44. The molecule has 1 atom stereocenters. The second kappa shape index (κ2) is 6.02. The zero-order valence-electron chi connectivity index (χ0n) is 10.1. The Hall–Kier alpha value is -1.69. The fourth-order valence-electron chi connectivity index (χ4n) is 1.50. The molecule has 1 aromatic rings. The molecule has 1 N–H and O–H groups in total. The molecule has 3 heteroatoms. The van der Waals surface area contributed by atoms with E-state index in [1.807, 2.05) is 13.0 Å². The van der Waals surface area contributed by atoms with Gasteiger partial charge in [-0.25, -0.2) is 0 Å². The highest BCUT2D eigenvalue weighted by molar-refractivity contribution is 5.57. The van der Waals surface area contributed by atoms with Crippen LogP contribution in [-0.4, -0.2) is 18.1 Å². The van der Waals surface area contributed by atoms with E-state index in [1.165, 1.54) is 0 Å². The molecule has 0 radical (unpaired) electrons. The number of aromatic nitrogens is 1. The van der Waals surface area contributed by atoms with Crippen molar-refractivity contribution in [2.24, 2.45) is 0 Å². The number of pyridine rings is 1. The smallest absolute Gasteiger partial charge is 0.160 e. The Labute approximate surface area is 97.2 Å². The van der Waals surface area contributed by atoms with E-state index in [0.717, 1.165) is 30.0 Å². The highest BCUT2D eigenvalue weighted by Crippen LogP contribution is 2.24. The summed E-state index contributed by atoms with van der Waals surface area (Å²) in [7, 11) is 1.63. The molecule has 3 nitrogen and oxygen atoms in total. The lowest BCUT2D eigenvalue weighted by Gasteiger charge is -2.16. The molecule has 16 heavy (non-hydrogen) atoms. The van der Waals surface area contributed by atoms with E-state index < -0.39 is 0 Å².